The lowest BCUT2D eigenvalue weighted by molar-refractivity contribution is -0.122. The highest BCUT2D eigenvalue weighted by molar-refractivity contribution is 7.85. The van der Waals surface area contributed by atoms with E-state index in [2.05, 4.69) is 43.5 Å². The van der Waals surface area contributed by atoms with Crippen molar-refractivity contribution >= 4 is 16.0 Å². The van der Waals surface area contributed by atoms with Crippen LogP contribution in [0.25, 0.3) is 0 Å². The highest BCUT2D eigenvalue weighted by Crippen LogP contribution is 2.13. The molecule has 0 bridgehead atoms. The molecule has 0 aliphatic carbocycles. The van der Waals surface area contributed by atoms with Gasteiger partial charge in [-0.3, -0.25) is 9.35 Å². The number of rotatable bonds is 32. The van der Waals surface area contributed by atoms with Gasteiger partial charge in [-0.05, 0) is 51.4 Å². The van der Waals surface area contributed by atoms with Gasteiger partial charge in [0, 0.05) is 6.42 Å². The van der Waals surface area contributed by atoms with Crippen molar-refractivity contribution in [2.75, 3.05) is 5.75 Å². The van der Waals surface area contributed by atoms with Crippen LogP contribution in [0.4, 0.5) is 0 Å². The molecule has 0 aliphatic rings. The van der Waals surface area contributed by atoms with Gasteiger partial charge in [0.05, 0.1) is 17.9 Å². The van der Waals surface area contributed by atoms with Gasteiger partial charge in [-0.25, -0.2) is 0 Å². The maximum absolute atomic E-state index is 12.4. The number of nitrogens with one attached hydrogen (secondary N) is 1. The average molecular weight is 640 g/mol. The zero-order valence-corrected chi connectivity index (χ0v) is 29.3. The Bertz CT molecular complexity index is 837. The van der Waals surface area contributed by atoms with E-state index >= 15 is 0 Å². The van der Waals surface area contributed by atoms with E-state index in [-0.39, 0.29) is 12.3 Å². The normalized spacial score (nSPS) is 13.8. The molecular weight excluding hydrogens is 570 g/mol. The summed E-state index contributed by atoms with van der Waals surface area (Å²) in [6, 6.07) is -1.06. The van der Waals surface area contributed by atoms with Crippen LogP contribution in [0.3, 0.4) is 0 Å². The molecule has 44 heavy (non-hydrogen) atoms. The Morgan fingerprint density at radius 1 is 0.614 bits per heavy atom. The molecule has 0 aromatic rings. The number of hydrogen-bond donors (Lipinski definition) is 3. The van der Waals surface area contributed by atoms with Crippen LogP contribution in [0, 0.1) is 0 Å². The first-order valence-electron chi connectivity index (χ1n) is 18.2. The zero-order chi connectivity index (χ0) is 32.6. The van der Waals surface area contributed by atoms with E-state index in [1.807, 2.05) is 6.08 Å². The van der Waals surface area contributed by atoms with Gasteiger partial charge >= 0.3 is 0 Å². The van der Waals surface area contributed by atoms with Crippen molar-refractivity contribution in [3.8, 4) is 0 Å². The van der Waals surface area contributed by atoms with Crippen LogP contribution >= 0.6 is 0 Å². The third-order valence-corrected chi connectivity index (χ3v) is 8.84. The predicted octanol–water partition coefficient (Wildman–Crippen LogP) is 10.2. The van der Waals surface area contributed by atoms with E-state index in [1.54, 1.807) is 6.08 Å². The lowest BCUT2D eigenvalue weighted by Crippen LogP contribution is -2.46. The molecule has 0 rings (SSSR count). The van der Waals surface area contributed by atoms with Crippen molar-refractivity contribution in [1.82, 2.24) is 5.32 Å². The van der Waals surface area contributed by atoms with E-state index in [0.29, 0.717) is 6.42 Å². The molecule has 0 aliphatic heterocycles. The molecule has 0 fully saturated rings. The Hall–Kier alpha value is -1.44. The van der Waals surface area contributed by atoms with Gasteiger partial charge in [0.2, 0.25) is 5.91 Å². The number of aliphatic hydroxyl groups is 1. The van der Waals surface area contributed by atoms with Gasteiger partial charge in [0.25, 0.3) is 10.1 Å². The molecule has 0 spiro atoms. The summed E-state index contributed by atoms with van der Waals surface area (Å²) in [7, 11) is -4.34. The van der Waals surface area contributed by atoms with Crippen LogP contribution in [-0.2, 0) is 14.9 Å². The van der Waals surface area contributed by atoms with Crippen molar-refractivity contribution in [2.24, 2.45) is 0 Å². The Labute approximate surface area is 272 Å². The molecule has 258 valence electrons. The third kappa shape index (κ3) is 32.0. The third-order valence-electron chi connectivity index (χ3n) is 8.06. The number of carbonyl (C=O) groups excluding carboxylic acids is 1. The summed E-state index contributed by atoms with van der Waals surface area (Å²) in [5.41, 5.74) is 0. The average Bonchev–Trinajstić information content (AvgIpc) is 2.98. The smallest absolute Gasteiger partial charge is 0.267 e. The minimum Gasteiger partial charge on any atom is -0.387 e. The molecule has 0 aromatic carbocycles. The maximum atomic E-state index is 12.4. The van der Waals surface area contributed by atoms with Crippen LogP contribution in [0.15, 0.2) is 36.5 Å². The largest absolute Gasteiger partial charge is 0.387 e. The molecule has 3 N–H and O–H groups in total. The second kappa shape index (κ2) is 31.5. The summed E-state index contributed by atoms with van der Waals surface area (Å²) in [5, 5.41) is 13.2. The summed E-state index contributed by atoms with van der Waals surface area (Å²) in [6.07, 6.45) is 39.7. The van der Waals surface area contributed by atoms with Crippen molar-refractivity contribution in [3.63, 3.8) is 0 Å². The van der Waals surface area contributed by atoms with E-state index in [4.69, 9.17) is 0 Å². The highest BCUT2D eigenvalue weighted by atomic mass is 32.2. The van der Waals surface area contributed by atoms with Crippen molar-refractivity contribution in [1.29, 1.82) is 0 Å². The first kappa shape index (κ1) is 42.6. The number of amides is 1. The molecule has 0 saturated carbocycles. The van der Waals surface area contributed by atoms with Crippen molar-refractivity contribution in [2.45, 2.75) is 187 Å². The molecule has 2 atom stereocenters. The van der Waals surface area contributed by atoms with Crippen LogP contribution < -0.4 is 5.32 Å². The quantitative estimate of drug-likeness (QED) is 0.0386. The Morgan fingerprint density at radius 2 is 1.02 bits per heavy atom. The van der Waals surface area contributed by atoms with Gasteiger partial charge in [-0.2, -0.15) is 8.42 Å². The van der Waals surface area contributed by atoms with E-state index in [0.717, 1.165) is 57.8 Å². The van der Waals surface area contributed by atoms with E-state index < -0.39 is 28.0 Å². The van der Waals surface area contributed by atoms with Gasteiger partial charge in [-0.15, -0.1) is 0 Å². The topological polar surface area (TPSA) is 104 Å². The number of hydrogen-bond acceptors (Lipinski definition) is 4. The van der Waals surface area contributed by atoms with E-state index in [9.17, 15) is 22.9 Å². The van der Waals surface area contributed by atoms with Gasteiger partial charge in [-0.1, -0.05) is 153 Å². The number of unbranched alkanes of at least 4 members (excludes halogenated alkanes) is 20. The summed E-state index contributed by atoms with van der Waals surface area (Å²) in [4.78, 5) is 12.4. The van der Waals surface area contributed by atoms with Crippen LogP contribution in [-0.4, -0.2) is 41.9 Å². The first-order chi connectivity index (χ1) is 21.3. The van der Waals surface area contributed by atoms with Gasteiger partial charge < -0.3 is 10.4 Å². The van der Waals surface area contributed by atoms with Crippen LogP contribution in [0.5, 0.6) is 0 Å². The number of allylic oxidation sites excluding steroid dienone is 5. The van der Waals surface area contributed by atoms with Crippen molar-refractivity contribution in [3.05, 3.63) is 36.5 Å². The van der Waals surface area contributed by atoms with Gasteiger partial charge in [0.15, 0.2) is 0 Å². The van der Waals surface area contributed by atoms with Gasteiger partial charge in [0.1, 0.15) is 0 Å². The fourth-order valence-electron chi connectivity index (χ4n) is 5.30. The summed E-state index contributed by atoms with van der Waals surface area (Å²) in [6.45, 7) is 4.47. The summed E-state index contributed by atoms with van der Waals surface area (Å²) in [5.74, 6) is -0.997. The second-order valence-corrected chi connectivity index (χ2v) is 14.0. The fraction of sp³-hybridized carbons (Fsp3) is 0.811. The standard InChI is InChI=1S/C37H69NO5S/c1-3-5-7-9-11-13-15-17-19-21-23-25-27-29-31-33-37(40)38-35(34-44(41,42)43)36(39)32-30-28-26-24-22-20-18-16-14-12-10-8-6-4-2/h11,13,17,19,30,32,35-36,39H,3-10,12,14-16,18,20-29,31,33-34H2,1-2H3,(H,38,40)(H,41,42,43)/b13-11-,19-17-,32-30+. The maximum Gasteiger partial charge on any atom is 0.267 e. The Balaban J connectivity index is 4.03. The molecule has 0 saturated heterocycles. The lowest BCUT2D eigenvalue weighted by atomic mass is 10.0. The summed E-state index contributed by atoms with van der Waals surface area (Å²) >= 11 is 0. The zero-order valence-electron chi connectivity index (χ0n) is 28.5. The number of aliphatic hydroxyl groups excluding tert-OH is 1. The Kier molecular flexibility index (Phi) is 30.5. The SMILES string of the molecule is CCCCC/C=C\C/C=C\CCCCCCCC(=O)NC(CS(=O)(=O)O)C(O)/C=C/CCCCCCCCCCCCCC. The van der Waals surface area contributed by atoms with Crippen LogP contribution in [0.2, 0.25) is 0 Å². The molecule has 0 heterocycles. The molecular formula is C37H69NO5S. The second-order valence-electron chi connectivity index (χ2n) is 12.5. The highest BCUT2D eigenvalue weighted by Gasteiger charge is 2.24. The van der Waals surface area contributed by atoms with Crippen molar-refractivity contribution < 1.29 is 22.9 Å². The summed E-state index contributed by atoms with van der Waals surface area (Å²) < 4.78 is 32.3. The minimum absolute atomic E-state index is 0.280. The van der Waals surface area contributed by atoms with Crippen LogP contribution in [0.1, 0.15) is 174 Å². The molecule has 1 amide bonds. The van der Waals surface area contributed by atoms with E-state index in [1.165, 1.54) is 89.9 Å². The molecule has 2 unspecified atom stereocenters. The fourth-order valence-corrected chi connectivity index (χ4v) is 6.04. The molecule has 6 nitrogen and oxygen atoms in total. The Morgan fingerprint density at radius 3 is 1.52 bits per heavy atom. The predicted molar refractivity (Wildman–Crippen MR) is 189 cm³/mol. The lowest BCUT2D eigenvalue weighted by Gasteiger charge is -2.21. The molecule has 0 radical (unpaired) electrons. The monoisotopic (exact) mass is 639 g/mol. The molecule has 7 heteroatoms. The molecule has 0 aromatic heterocycles. The minimum atomic E-state index is -4.34. The first-order valence-corrected chi connectivity index (χ1v) is 19.8. The number of carbonyl (C=O) groups is 1.